The smallest absolute Gasteiger partial charge is 0.0149 e. The summed E-state index contributed by atoms with van der Waals surface area (Å²) in [6.45, 7) is 2.38. The lowest BCUT2D eigenvalue weighted by Gasteiger charge is -2.53. The number of hydrogen-bond donors (Lipinski definition) is 0. The van der Waals surface area contributed by atoms with Crippen molar-refractivity contribution in [2.75, 3.05) is 0 Å². The van der Waals surface area contributed by atoms with E-state index in [1.54, 1.807) is 24.8 Å². The molecule has 0 heterocycles. The molecule has 5 aliphatic rings. The molecule has 0 nitrogen and oxygen atoms in total. The molecule has 0 N–H and O–H groups in total. The molecular weight excluding hydrogens is 156 g/mol. The normalized spacial score (nSPS) is 52.5. The van der Waals surface area contributed by atoms with Gasteiger partial charge in [0.05, 0.1) is 0 Å². The zero-order valence-corrected chi connectivity index (χ0v) is 8.63. The molecule has 0 aliphatic heterocycles. The summed E-state index contributed by atoms with van der Waals surface area (Å²) in [7, 11) is 0. The SMILES string of the molecule is C/C1=C\CCCC2CC3CC(C2)C13. The Labute approximate surface area is 81.4 Å². The van der Waals surface area contributed by atoms with Crippen LogP contribution in [-0.2, 0) is 0 Å². The van der Waals surface area contributed by atoms with E-state index in [0.717, 1.165) is 23.7 Å². The van der Waals surface area contributed by atoms with E-state index in [1.165, 1.54) is 19.3 Å². The second kappa shape index (κ2) is 2.87. The van der Waals surface area contributed by atoms with Crippen LogP contribution in [0.3, 0.4) is 0 Å². The van der Waals surface area contributed by atoms with Gasteiger partial charge in [-0.05, 0) is 62.7 Å². The molecule has 0 saturated heterocycles. The van der Waals surface area contributed by atoms with Gasteiger partial charge in [-0.3, -0.25) is 0 Å². The van der Waals surface area contributed by atoms with Crippen LogP contribution in [0.5, 0.6) is 0 Å². The molecule has 3 saturated carbocycles. The van der Waals surface area contributed by atoms with Crippen molar-refractivity contribution in [1.29, 1.82) is 0 Å². The lowest BCUT2D eigenvalue weighted by Crippen LogP contribution is -2.44. The second-order valence-corrected chi connectivity index (χ2v) is 5.50. The first-order valence-corrected chi connectivity index (χ1v) is 6.01. The number of rotatable bonds is 0. The van der Waals surface area contributed by atoms with Crippen LogP contribution in [-0.4, -0.2) is 0 Å². The molecule has 0 aromatic heterocycles. The number of fused-ring (bicyclic) bond motifs is 3. The van der Waals surface area contributed by atoms with Crippen molar-refractivity contribution >= 4 is 0 Å². The van der Waals surface area contributed by atoms with Gasteiger partial charge in [-0.15, -0.1) is 0 Å². The summed E-state index contributed by atoms with van der Waals surface area (Å²) in [5.41, 5.74) is 1.74. The highest BCUT2D eigenvalue weighted by molar-refractivity contribution is 5.15. The molecule has 5 rings (SSSR count). The summed E-state index contributed by atoms with van der Waals surface area (Å²) >= 11 is 0. The molecule has 2 atom stereocenters. The van der Waals surface area contributed by atoms with Crippen molar-refractivity contribution in [3.63, 3.8) is 0 Å². The van der Waals surface area contributed by atoms with Gasteiger partial charge < -0.3 is 0 Å². The lowest BCUT2D eigenvalue weighted by atomic mass is 9.52. The van der Waals surface area contributed by atoms with E-state index in [9.17, 15) is 0 Å². The van der Waals surface area contributed by atoms with E-state index in [2.05, 4.69) is 13.0 Å². The first-order valence-electron chi connectivity index (χ1n) is 6.01. The Bertz CT molecular complexity index is 226. The van der Waals surface area contributed by atoms with Gasteiger partial charge in [0.25, 0.3) is 0 Å². The molecule has 0 aromatic rings. The van der Waals surface area contributed by atoms with Crippen LogP contribution in [0.2, 0.25) is 0 Å². The standard InChI is InChI=1S/C13H20/c1-9-4-2-3-5-10-6-11-8-12(7-10)13(9)11/h4,10-13H,2-3,5-8H2,1H3/b9-4+. The molecule has 0 aromatic carbocycles. The van der Waals surface area contributed by atoms with E-state index < -0.39 is 0 Å². The van der Waals surface area contributed by atoms with Crippen LogP contribution in [0.1, 0.15) is 45.4 Å². The van der Waals surface area contributed by atoms with Crippen LogP contribution >= 0.6 is 0 Å². The first kappa shape index (κ1) is 8.08. The minimum Gasteiger partial charge on any atom is -0.0853 e. The van der Waals surface area contributed by atoms with Gasteiger partial charge in [0.15, 0.2) is 0 Å². The summed E-state index contributed by atoms with van der Waals surface area (Å²) in [6.07, 6.45) is 11.6. The summed E-state index contributed by atoms with van der Waals surface area (Å²) < 4.78 is 0. The fourth-order valence-electron chi connectivity index (χ4n) is 4.16. The van der Waals surface area contributed by atoms with E-state index in [1.807, 2.05) is 0 Å². The predicted octanol–water partition coefficient (Wildman–Crippen LogP) is 3.78. The molecule has 0 amide bonds. The Kier molecular flexibility index (Phi) is 1.78. The molecule has 0 heteroatoms. The summed E-state index contributed by atoms with van der Waals surface area (Å²) in [6, 6.07) is 0. The largest absolute Gasteiger partial charge is 0.0853 e. The van der Waals surface area contributed by atoms with Crippen molar-refractivity contribution in [2.45, 2.75) is 45.4 Å². The number of hydrogen-bond acceptors (Lipinski definition) is 0. The maximum Gasteiger partial charge on any atom is -0.0149 e. The fraction of sp³-hybridized carbons (Fsp3) is 0.846. The Balaban J connectivity index is 1.88. The highest BCUT2D eigenvalue weighted by Gasteiger charge is 2.47. The molecule has 5 aliphatic carbocycles. The van der Waals surface area contributed by atoms with Crippen molar-refractivity contribution in [3.05, 3.63) is 11.6 Å². The maximum atomic E-state index is 2.54. The zero-order chi connectivity index (χ0) is 8.84. The van der Waals surface area contributed by atoms with E-state index in [4.69, 9.17) is 0 Å². The fourth-order valence-corrected chi connectivity index (χ4v) is 4.16. The molecule has 2 unspecified atom stereocenters. The van der Waals surface area contributed by atoms with E-state index in [0.29, 0.717) is 0 Å². The van der Waals surface area contributed by atoms with Crippen molar-refractivity contribution < 1.29 is 0 Å². The van der Waals surface area contributed by atoms with Gasteiger partial charge in [-0.25, -0.2) is 0 Å². The van der Waals surface area contributed by atoms with Gasteiger partial charge in [-0.1, -0.05) is 18.1 Å². The van der Waals surface area contributed by atoms with Crippen LogP contribution in [0.4, 0.5) is 0 Å². The molecule has 13 heavy (non-hydrogen) atoms. The van der Waals surface area contributed by atoms with Crippen LogP contribution < -0.4 is 0 Å². The summed E-state index contributed by atoms with van der Waals surface area (Å²) in [5, 5.41) is 0. The van der Waals surface area contributed by atoms with Crippen LogP contribution in [0.15, 0.2) is 11.6 Å². The van der Waals surface area contributed by atoms with E-state index in [-0.39, 0.29) is 0 Å². The molecule has 3 fully saturated rings. The molecule has 0 radical (unpaired) electrons. The van der Waals surface area contributed by atoms with E-state index >= 15 is 0 Å². The summed E-state index contributed by atoms with van der Waals surface area (Å²) in [5.74, 6) is 4.32. The topological polar surface area (TPSA) is 0 Å². The molecule has 72 valence electrons. The van der Waals surface area contributed by atoms with Gasteiger partial charge in [0.2, 0.25) is 0 Å². The Morgan fingerprint density at radius 1 is 1.15 bits per heavy atom. The molecule has 0 spiro atoms. The molecule has 4 bridgehead atoms. The average Bonchev–Trinajstić information content (AvgIpc) is 2.19. The van der Waals surface area contributed by atoms with Crippen molar-refractivity contribution in [3.8, 4) is 0 Å². The third kappa shape index (κ3) is 1.18. The minimum absolute atomic E-state index is 1.02. The predicted molar refractivity (Wildman–Crippen MR) is 55.4 cm³/mol. The highest BCUT2D eigenvalue weighted by Crippen LogP contribution is 2.56. The third-order valence-electron chi connectivity index (χ3n) is 4.70. The van der Waals surface area contributed by atoms with Gasteiger partial charge in [0, 0.05) is 0 Å². The van der Waals surface area contributed by atoms with Crippen molar-refractivity contribution in [1.82, 2.24) is 0 Å². The molecular formula is C13H20. The van der Waals surface area contributed by atoms with Crippen LogP contribution in [0, 0.1) is 23.7 Å². The lowest BCUT2D eigenvalue weighted by molar-refractivity contribution is 0.00290. The Hall–Kier alpha value is -0.260. The quantitative estimate of drug-likeness (QED) is 0.493. The zero-order valence-electron chi connectivity index (χ0n) is 8.63. The second-order valence-electron chi connectivity index (χ2n) is 5.50. The third-order valence-corrected chi connectivity index (χ3v) is 4.70. The monoisotopic (exact) mass is 176 g/mol. The van der Waals surface area contributed by atoms with Gasteiger partial charge >= 0.3 is 0 Å². The summed E-state index contributed by atoms with van der Waals surface area (Å²) in [4.78, 5) is 0. The van der Waals surface area contributed by atoms with Gasteiger partial charge in [-0.2, -0.15) is 0 Å². The Morgan fingerprint density at radius 3 is 2.69 bits per heavy atom. The maximum absolute atomic E-state index is 2.54. The average molecular weight is 176 g/mol. The highest BCUT2D eigenvalue weighted by atomic mass is 14.5. The van der Waals surface area contributed by atoms with Crippen LogP contribution in [0.25, 0.3) is 0 Å². The van der Waals surface area contributed by atoms with Gasteiger partial charge in [0.1, 0.15) is 0 Å². The first-order chi connectivity index (χ1) is 6.34. The Morgan fingerprint density at radius 2 is 1.92 bits per heavy atom. The number of allylic oxidation sites excluding steroid dienone is 2. The van der Waals surface area contributed by atoms with Crippen molar-refractivity contribution in [2.24, 2.45) is 23.7 Å². The minimum atomic E-state index is 1.02.